The molecule has 28 heavy (non-hydrogen) atoms. The zero-order chi connectivity index (χ0) is 19.4. The van der Waals surface area contributed by atoms with E-state index in [9.17, 15) is 9.59 Å². The molecule has 1 heterocycles. The summed E-state index contributed by atoms with van der Waals surface area (Å²) in [5.41, 5.74) is 4.05. The molecular weight excluding hydrogens is 352 g/mol. The molecule has 0 spiro atoms. The summed E-state index contributed by atoms with van der Waals surface area (Å²) in [6.07, 6.45) is 6.28. The third kappa shape index (κ3) is 2.77. The van der Waals surface area contributed by atoms with Crippen molar-refractivity contribution in [1.29, 1.82) is 0 Å². The lowest BCUT2D eigenvalue weighted by Crippen LogP contribution is -2.46. The van der Waals surface area contributed by atoms with Gasteiger partial charge in [0.1, 0.15) is 0 Å². The molecule has 0 unspecified atom stereocenters. The van der Waals surface area contributed by atoms with Crippen molar-refractivity contribution in [1.82, 2.24) is 15.2 Å². The quantitative estimate of drug-likeness (QED) is 0.830. The van der Waals surface area contributed by atoms with Crippen LogP contribution in [0.1, 0.15) is 62.5 Å². The summed E-state index contributed by atoms with van der Waals surface area (Å²) in [7, 11) is 0. The van der Waals surface area contributed by atoms with E-state index in [-0.39, 0.29) is 23.2 Å². The molecule has 0 aliphatic heterocycles. The van der Waals surface area contributed by atoms with Gasteiger partial charge in [-0.3, -0.25) is 9.59 Å². The lowest BCUT2D eigenvalue weighted by atomic mass is 9.55. The molecule has 2 aromatic rings. The molecule has 1 amide bonds. The monoisotopic (exact) mass is 378 g/mol. The van der Waals surface area contributed by atoms with Crippen molar-refractivity contribution in [2.75, 3.05) is 0 Å². The summed E-state index contributed by atoms with van der Waals surface area (Å²) in [4.78, 5) is 25.6. The lowest BCUT2D eigenvalue weighted by Gasteiger charge is -2.50. The molecular formula is C22H26N4O2. The molecule has 4 aliphatic rings. The first kappa shape index (κ1) is 17.6. The Morgan fingerprint density at radius 1 is 1.07 bits per heavy atom. The van der Waals surface area contributed by atoms with E-state index < -0.39 is 0 Å². The Kier molecular flexibility index (Phi) is 4.11. The van der Waals surface area contributed by atoms with E-state index in [2.05, 4.69) is 15.6 Å². The van der Waals surface area contributed by atoms with Crippen LogP contribution in [0.15, 0.2) is 34.2 Å². The third-order valence-electron chi connectivity index (χ3n) is 6.79. The largest absolute Gasteiger partial charge is 0.292 e. The maximum Gasteiger partial charge on any atom is 0.292 e. The van der Waals surface area contributed by atoms with E-state index in [1.165, 1.54) is 42.5 Å². The number of amides is 1. The zero-order valence-electron chi connectivity index (χ0n) is 16.4. The van der Waals surface area contributed by atoms with Gasteiger partial charge in [0.25, 0.3) is 11.5 Å². The third-order valence-corrected chi connectivity index (χ3v) is 6.79. The van der Waals surface area contributed by atoms with Gasteiger partial charge in [-0.05, 0) is 75.7 Å². The molecule has 0 radical (unpaired) electrons. The van der Waals surface area contributed by atoms with Gasteiger partial charge in [0.15, 0.2) is 5.69 Å². The van der Waals surface area contributed by atoms with Crippen molar-refractivity contribution in [2.24, 2.45) is 28.8 Å². The predicted octanol–water partition coefficient (Wildman–Crippen LogP) is 3.52. The van der Waals surface area contributed by atoms with Crippen LogP contribution in [0.4, 0.5) is 0 Å². The number of hydrogen-bond donors (Lipinski definition) is 1. The van der Waals surface area contributed by atoms with Gasteiger partial charge in [-0.15, -0.1) is 0 Å². The van der Waals surface area contributed by atoms with E-state index in [1.54, 1.807) is 12.1 Å². The fourth-order valence-electron chi connectivity index (χ4n) is 5.74. The highest BCUT2D eigenvalue weighted by atomic mass is 16.2. The normalized spacial score (nSPS) is 28.2. The molecule has 1 N–H and O–H groups in total. The molecule has 4 saturated carbocycles. The van der Waals surface area contributed by atoms with Crippen LogP contribution in [0.25, 0.3) is 10.8 Å². The zero-order valence-corrected chi connectivity index (χ0v) is 16.4. The van der Waals surface area contributed by atoms with Gasteiger partial charge in [0.2, 0.25) is 0 Å². The maximum absolute atomic E-state index is 13.0. The van der Waals surface area contributed by atoms with E-state index in [1.807, 2.05) is 26.0 Å². The van der Waals surface area contributed by atoms with Crippen LogP contribution in [0, 0.1) is 23.7 Å². The highest BCUT2D eigenvalue weighted by Gasteiger charge is 2.46. The highest BCUT2D eigenvalue weighted by molar-refractivity contribution is 6.05. The average Bonchev–Trinajstić information content (AvgIpc) is 2.67. The minimum absolute atomic E-state index is 0.126. The average molecular weight is 378 g/mol. The van der Waals surface area contributed by atoms with Crippen LogP contribution < -0.4 is 11.0 Å². The Labute approximate surface area is 164 Å². The minimum atomic E-state index is -0.341. The second kappa shape index (κ2) is 6.54. The second-order valence-electron chi connectivity index (χ2n) is 9.02. The van der Waals surface area contributed by atoms with E-state index in [0.717, 1.165) is 11.8 Å². The summed E-state index contributed by atoms with van der Waals surface area (Å²) in [5, 5.41) is 10.1. The van der Waals surface area contributed by atoms with Gasteiger partial charge in [-0.2, -0.15) is 10.2 Å². The van der Waals surface area contributed by atoms with Crippen molar-refractivity contribution >= 4 is 22.4 Å². The number of carbonyl (C=O) groups is 1. The Hall–Kier alpha value is -2.50. The second-order valence-corrected chi connectivity index (χ2v) is 9.02. The fraction of sp³-hybridized carbons (Fsp3) is 0.545. The molecule has 6 heteroatoms. The summed E-state index contributed by atoms with van der Waals surface area (Å²) in [6, 6.07) is 7.03. The van der Waals surface area contributed by atoms with Gasteiger partial charge < -0.3 is 0 Å². The highest BCUT2D eigenvalue weighted by Crippen LogP contribution is 2.52. The first-order valence-corrected chi connectivity index (χ1v) is 10.4. The van der Waals surface area contributed by atoms with Crippen molar-refractivity contribution in [3.63, 3.8) is 0 Å². The van der Waals surface area contributed by atoms with Crippen LogP contribution in [-0.2, 0) is 0 Å². The first-order chi connectivity index (χ1) is 13.5. The van der Waals surface area contributed by atoms with Crippen molar-refractivity contribution < 1.29 is 4.79 Å². The van der Waals surface area contributed by atoms with Gasteiger partial charge in [-0.1, -0.05) is 18.2 Å². The van der Waals surface area contributed by atoms with Crippen LogP contribution in [-0.4, -0.2) is 21.4 Å². The number of rotatable bonds is 3. The first-order valence-electron chi connectivity index (χ1n) is 10.4. The molecule has 4 bridgehead atoms. The van der Waals surface area contributed by atoms with Crippen molar-refractivity contribution in [3.8, 4) is 0 Å². The molecule has 4 fully saturated rings. The Morgan fingerprint density at radius 2 is 1.68 bits per heavy atom. The number of fused-ring (bicyclic) bond motifs is 1. The molecule has 0 atom stereocenters. The summed E-state index contributed by atoms with van der Waals surface area (Å²) >= 11 is 0. The number of nitrogens with one attached hydrogen (secondary N) is 1. The Balaban J connectivity index is 1.48. The molecule has 4 aliphatic carbocycles. The molecule has 1 aromatic heterocycles. The SMILES string of the molecule is CC(C)n1nc(C(=O)NN=C2C3CC4CC(C3)CC2C4)c2ccccc2c1=O. The van der Waals surface area contributed by atoms with Crippen molar-refractivity contribution in [2.45, 2.75) is 52.0 Å². The minimum Gasteiger partial charge on any atom is -0.267 e. The topological polar surface area (TPSA) is 76.3 Å². The predicted molar refractivity (Wildman–Crippen MR) is 108 cm³/mol. The number of carbonyl (C=O) groups excluding carboxylic acids is 1. The van der Waals surface area contributed by atoms with Gasteiger partial charge in [0, 0.05) is 11.1 Å². The number of benzene rings is 1. The van der Waals surface area contributed by atoms with Crippen molar-refractivity contribution in [3.05, 3.63) is 40.3 Å². The van der Waals surface area contributed by atoms with Crippen LogP contribution in [0.2, 0.25) is 0 Å². The standard InChI is InChI=1S/C22H26N4O2/c1-12(2)26-22(28)18-6-4-3-5-17(18)20(25-26)21(27)24-23-19-15-8-13-7-14(10-15)11-16(19)9-13/h3-6,12-16H,7-11H2,1-2H3,(H,24,27). The van der Waals surface area contributed by atoms with E-state index >= 15 is 0 Å². The summed E-state index contributed by atoms with van der Waals surface area (Å²) < 4.78 is 1.38. The van der Waals surface area contributed by atoms with E-state index in [4.69, 9.17) is 0 Å². The van der Waals surface area contributed by atoms with Crippen LogP contribution in [0.3, 0.4) is 0 Å². The Bertz CT molecular complexity index is 1010. The number of aromatic nitrogens is 2. The molecule has 6 nitrogen and oxygen atoms in total. The number of hydrazone groups is 1. The number of hydrogen-bond acceptors (Lipinski definition) is 4. The molecule has 0 saturated heterocycles. The number of nitrogens with zero attached hydrogens (tertiary/aromatic N) is 3. The summed E-state index contributed by atoms with van der Waals surface area (Å²) in [5.74, 6) is 2.44. The van der Waals surface area contributed by atoms with Gasteiger partial charge >= 0.3 is 0 Å². The maximum atomic E-state index is 13.0. The lowest BCUT2D eigenvalue weighted by molar-refractivity contribution is 0.0937. The fourth-order valence-corrected chi connectivity index (χ4v) is 5.74. The molecule has 146 valence electrons. The van der Waals surface area contributed by atoms with Gasteiger partial charge in [-0.25, -0.2) is 10.1 Å². The molecule has 1 aromatic carbocycles. The van der Waals surface area contributed by atoms with Crippen LogP contribution in [0.5, 0.6) is 0 Å². The van der Waals surface area contributed by atoms with E-state index in [0.29, 0.717) is 22.6 Å². The Morgan fingerprint density at radius 3 is 2.29 bits per heavy atom. The smallest absolute Gasteiger partial charge is 0.267 e. The van der Waals surface area contributed by atoms with Crippen LogP contribution >= 0.6 is 0 Å². The summed E-state index contributed by atoms with van der Waals surface area (Å²) in [6.45, 7) is 3.78. The van der Waals surface area contributed by atoms with Gasteiger partial charge in [0.05, 0.1) is 11.4 Å². The molecule has 6 rings (SSSR count).